The van der Waals surface area contributed by atoms with E-state index >= 15 is 0 Å². The van der Waals surface area contributed by atoms with Gasteiger partial charge in [0.15, 0.2) is 5.76 Å². The van der Waals surface area contributed by atoms with Crippen molar-refractivity contribution in [1.29, 1.82) is 0 Å². The zero-order valence-electron chi connectivity index (χ0n) is 15.3. The molecule has 0 bridgehead atoms. The molecular weight excluding hydrogens is 384 g/mol. The Labute approximate surface area is 164 Å². The summed E-state index contributed by atoms with van der Waals surface area (Å²) in [5.41, 5.74) is 2.43. The van der Waals surface area contributed by atoms with Crippen molar-refractivity contribution >= 4 is 17.7 Å². The van der Waals surface area contributed by atoms with Crippen molar-refractivity contribution in [2.75, 3.05) is 0 Å². The summed E-state index contributed by atoms with van der Waals surface area (Å²) < 4.78 is 31.5. The molecule has 7 nitrogen and oxygen atoms in total. The van der Waals surface area contributed by atoms with Crippen LogP contribution in [0.3, 0.4) is 0 Å². The second kappa shape index (κ2) is 6.20. The summed E-state index contributed by atoms with van der Waals surface area (Å²) in [6, 6.07) is 6.16. The van der Waals surface area contributed by atoms with Crippen LogP contribution in [0.5, 0.6) is 0 Å². The van der Waals surface area contributed by atoms with E-state index in [-0.39, 0.29) is 43.5 Å². The summed E-state index contributed by atoms with van der Waals surface area (Å²) in [5.74, 6) is -3.53. The van der Waals surface area contributed by atoms with Gasteiger partial charge in [0.25, 0.3) is 5.91 Å². The van der Waals surface area contributed by atoms with Crippen molar-refractivity contribution in [3.63, 3.8) is 0 Å². The molecule has 5 rings (SSSR count). The van der Waals surface area contributed by atoms with Crippen molar-refractivity contribution in [1.82, 2.24) is 15.4 Å². The summed E-state index contributed by atoms with van der Waals surface area (Å²) in [5, 5.41) is 6.20. The van der Waals surface area contributed by atoms with Crippen LogP contribution in [0.15, 0.2) is 28.8 Å². The molecular formula is C20H17F2N3O4. The largest absolute Gasteiger partial charge is 0.356 e. The van der Waals surface area contributed by atoms with E-state index in [2.05, 4.69) is 10.5 Å². The minimum Gasteiger partial charge on any atom is -0.356 e. The number of rotatable bonds is 3. The highest BCUT2D eigenvalue weighted by molar-refractivity contribution is 6.05. The number of nitrogens with zero attached hydrogens (tertiary/aromatic N) is 2. The normalized spacial score (nSPS) is 23.7. The minimum atomic E-state index is -2.63. The summed E-state index contributed by atoms with van der Waals surface area (Å²) in [6.07, 6.45) is 0.0503. The summed E-state index contributed by atoms with van der Waals surface area (Å²) >= 11 is 0. The molecule has 2 aromatic rings. The smallest absolute Gasteiger partial charge is 0.255 e. The van der Waals surface area contributed by atoms with Crippen LogP contribution in [0.25, 0.3) is 11.3 Å². The number of piperidine rings is 1. The van der Waals surface area contributed by atoms with Crippen LogP contribution in [0.4, 0.5) is 8.78 Å². The SMILES string of the molecule is O=C1CCC(N2Cc3cc(-c4cc(C5CC(F)(F)C5)no4)ccc3C2=O)C(=O)N1. The lowest BCUT2D eigenvalue weighted by Gasteiger charge is -2.33. The van der Waals surface area contributed by atoms with E-state index in [0.717, 1.165) is 5.56 Å². The highest BCUT2D eigenvalue weighted by atomic mass is 19.3. The highest BCUT2D eigenvalue weighted by Gasteiger charge is 2.47. The third-order valence-electron chi connectivity index (χ3n) is 5.84. The molecule has 29 heavy (non-hydrogen) atoms. The van der Waals surface area contributed by atoms with Gasteiger partial charge in [0, 0.05) is 48.9 Å². The van der Waals surface area contributed by atoms with E-state index in [1.54, 1.807) is 24.3 Å². The van der Waals surface area contributed by atoms with Crippen LogP contribution in [-0.2, 0) is 16.1 Å². The van der Waals surface area contributed by atoms with E-state index in [4.69, 9.17) is 4.52 Å². The Kier molecular flexibility index (Phi) is 3.84. The van der Waals surface area contributed by atoms with Gasteiger partial charge in [-0.25, -0.2) is 8.78 Å². The maximum Gasteiger partial charge on any atom is 0.255 e. The van der Waals surface area contributed by atoms with Gasteiger partial charge in [-0.05, 0) is 24.1 Å². The maximum atomic E-state index is 13.1. The summed E-state index contributed by atoms with van der Waals surface area (Å²) in [6.45, 7) is 0.254. The number of hydrogen-bond acceptors (Lipinski definition) is 5. The second-order valence-corrected chi connectivity index (χ2v) is 7.85. The lowest BCUT2D eigenvalue weighted by molar-refractivity contribution is -0.136. The fourth-order valence-electron chi connectivity index (χ4n) is 4.22. The molecule has 1 aliphatic carbocycles. The van der Waals surface area contributed by atoms with Gasteiger partial charge in [0.1, 0.15) is 6.04 Å². The standard InChI is InChI=1S/C20H17F2N3O4/c21-20(22)7-12(8-20)14-6-16(29-24-14)10-1-2-13-11(5-10)9-25(19(13)28)15-3-4-17(26)23-18(15)27/h1-2,5-6,12,15H,3-4,7-9H2,(H,23,26,27). The predicted molar refractivity (Wildman–Crippen MR) is 94.9 cm³/mol. The Balaban J connectivity index is 1.36. The molecule has 3 heterocycles. The van der Waals surface area contributed by atoms with E-state index in [1.807, 2.05) is 0 Å². The van der Waals surface area contributed by atoms with Crippen molar-refractivity contribution < 1.29 is 27.7 Å². The van der Waals surface area contributed by atoms with Crippen molar-refractivity contribution in [2.24, 2.45) is 0 Å². The van der Waals surface area contributed by atoms with Crippen molar-refractivity contribution in [2.45, 2.75) is 50.1 Å². The Bertz CT molecular complexity index is 1040. The second-order valence-electron chi connectivity index (χ2n) is 7.85. The van der Waals surface area contributed by atoms with Gasteiger partial charge in [-0.1, -0.05) is 11.2 Å². The van der Waals surface area contributed by atoms with Gasteiger partial charge in [-0.15, -0.1) is 0 Å². The third-order valence-corrected chi connectivity index (χ3v) is 5.84. The Hall–Kier alpha value is -3.10. The molecule has 0 spiro atoms. The van der Waals surface area contributed by atoms with E-state index < -0.39 is 17.9 Å². The number of carbonyl (C=O) groups is 3. The monoisotopic (exact) mass is 401 g/mol. The zero-order chi connectivity index (χ0) is 20.3. The first kappa shape index (κ1) is 18.0. The van der Waals surface area contributed by atoms with Crippen molar-refractivity contribution in [3.05, 3.63) is 41.1 Å². The lowest BCUT2D eigenvalue weighted by Crippen LogP contribution is -2.52. The summed E-state index contributed by atoms with van der Waals surface area (Å²) in [7, 11) is 0. The van der Waals surface area contributed by atoms with Crippen LogP contribution in [0, 0.1) is 0 Å². The number of hydrogen-bond donors (Lipinski definition) is 1. The number of imide groups is 1. The number of nitrogens with one attached hydrogen (secondary N) is 1. The molecule has 9 heteroatoms. The highest BCUT2D eigenvalue weighted by Crippen LogP contribution is 2.48. The number of amides is 3. The number of benzene rings is 1. The molecule has 2 aliphatic heterocycles. The Morgan fingerprint density at radius 2 is 1.97 bits per heavy atom. The van der Waals surface area contributed by atoms with Crippen LogP contribution < -0.4 is 5.32 Å². The van der Waals surface area contributed by atoms with Gasteiger partial charge >= 0.3 is 0 Å². The molecule has 1 N–H and O–H groups in total. The summed E-state index contributed by atoms with van der Waals surface area (Å²) in [4.78, 5) is 37.7. The van der Waals surface area contributed by atoms with Crippen molar-refractivity contribution in [3.8, 4) is 11.3 Å². The first-order valence-corrected chi connectivity index (χ1v) is 9.43. The number of halogens is 2. The van der Waals surface area contributed by atoms with Gasteiger partial charge in [-0.2, -0.15) is 0 Å². The van der Waals surface area contributed by atoms with E-state index in [1.165, 1.54) is 4.90 Å². The van der Waals surface area contributed by atoms with Gasteiger partial charge in [0.05, 0.1) is 5.69 Å². The minimum absolute atomic E-state index is 0.197. The van der Waals surface area contributed by atoms with Crippen LogP contribution in [0.1, 0.15) is 53.2 Å². The van der Waals surface area contributed by atoms with Crippen LogP contribution in [0.2, 0.25) is 0 Å². The maximum absolute atomic E-state index is 13.1. The molecule has 1 atom stereocenters. The lowest BCUT2D eigenvalue weighted by atomic mass is 9.79. The number of fused-ring (bicyclic) bond motifs is 1. The topological polar surface area (TPSA) is 92.5 Å². The molecule has 3 aliphatic rings. The van der Waals surface area contributed by atoms with Gasteiger partial charge in [-0.3, -0.25) is 19.7 Å². The molecule has 1 aromatic carbocycles. The Morgan fingerprint density at radius 1 is 1.17 bits per heavy atom. The molecule has 3 amide bonds. The quantitative estimate of drug-likeness (QED) is 0.799. The number of alkyl halides is 2. The third kappa shape index (κ3) is 3.01. The molecule has 2 fully saturated rings. The van der Waals surface area contributed by atoms with E-state index in [9.17, 15) is 23.2 Å². The average Bonchev–Trinajstić information content (AvgIpc) is 3.25. The molecule has 1 aromatic heterocycles. The first-order chi connectivity index (χ1) is 13.8. The van der Waals surface area contributed by atoms with Gasteiger partial charge < -0.3 is 9.42 Å². The Morgan fingerprint density at radius 3 is 2.69 bits per heavy atom. The fraction of sp³-hybridized carbons (Fsp3) is 0.400. The average molecular weight is 401 g/mol. The zero-order valence-corrected chi connectivity index (χ0v) is 15.3. The van der Waals surface area contributed by atoms with Crippen LogP contribution in [-0.4, -0.2) is 39.7 Å². The predicted octanol–water partition coefficient (Wildman–Crippen LogP) is 2.62. The fourth-order valence-corrected chi connectivity index (χ4v) is 4.22. The number of carbonyl (C=O) groups excluding carboxylic acids is 3. The molecule has 1 unspecified atom stereocenters. The molecule has 0 radical (unpaired) electrons. The van der Waals surface area contributed by atoms with Crippen LogP contribution >= 0.6 is 0 Å². The number of aromatic nitrogens is 1. The molecule has 150 valence electrons. The molecule has 1 saturated carbocycles. The van der Waals surface area contributed by atoms with E-state index in [0.29, 0.717) is 29.0 Å². The first-order valence-electron chi connectivity index (χ1n) is 9.43. The van der Waals surface area contributed by atoms with Gasteiger partial charge in [0.2, 0.25) is 17.7 Å². The molecule has 1 saturated heterocycles.